The highest BCUT2D eigenvalue weighted by Gasteiger charge is 2.19. The second kappa shape index (κ2) is 7.44. The molecule has 0 aliphatic heterocycles. The number of primary amides is 1. The predicted octanol–water partition coefficient (Wildman–Crippen LogP) is 3.42. The highest BCUT2D eigenvalue weighted by atomic mass is 16.1. The van der Waals surface area contributed by atoms with Gasteiger partial charge in [-0.15, -0.1) is 0 Å². The number of hydrogen-bond donors (Lipinski definition) is 2. The van der Waals surface area contributed by atoms with Gasteiger partial charge >= 0.3 is 0 Å². The maximum Gasteiger partial charge on any atom is 0.224 e. The van der Waals surface area contributed by atoms with Crippen LogP contribution in [0.3, 0.4) is 0 Å². The van der Waals surface area contributed by atoms with Crippen molar-refractivity contribution in [2.24, 2.45) is 11.5 Å². The van der Waals surface area contributed by atoms with Crippen LogP contribution in [-0.2, 0) is 10.3 Å². The first-order valence-corrected chi connectivity index (χ1v) is 7.55. The van der Waals surface area contributed by atoms with Gasteiger partial charge in [-0.25, -0.2) is 0 Å². The van der Waals surface area contributed by atoms with Crippen LogP contribution in [0.25, 0.3) is 0 Å². The number of amides is 1. The van der Waals surface area contributed by atoms with E-state index in [0.29, 0.717) is 0 Å². The molecule has 0 aliphatic carbocycles. The monoisotopic (exact) mass is 276 g/mol. The van der Waals surface area contributed by atoms with Crippen molar-refractivity contribution < 1.29 is 4.79 Å². The van der Waals surface area contributed by atoms with Crippen molar-refractivity contribution in [3.05, 3.63) is 35.4 Å². The predicted molar refractivity (Wildman–Crippen MR) is 84.3 cm³/mol. The third-order valence-corrected chi connectivity index (χ3v) is 3.75. The first-order chi connectivity index (χ1) is 9.36. The van der Waals surface area contributed by atoms with E-state index in [4.69, 9.17) is 11.5 Å². The fourth-order valence-electron chi connectivity index (χ4n) is 2.39. The van der Waals surface area contributed by atoms with Gasteiger partial charge in [-0.3, -0.25) is 4.79 Å². The van der Waals surface area contributed by atoms with Crippen molar-refractivity contribution in [1.29, 1.82) is 0 Å². The summed E-state index contributed by atoms with van der Waals surface area (Å²) in [4.78, 5) is 11.6. The largest absolute Gasteiger partial charge is 0.369 e. The molecule has 3 nitrogen and oxygen atoms in total. The van der Waals surface area contributed by atoms with Crippen LogP contribution in [0.4, 0.5) is 0 Å². The fourth-order valence-corrected chi connectivity index (χ4v) is 2.39. The summed E-state index contributed by atoms with van der Waals surface area (Å²) in [6.45, 7) is 6.12. The Labute approximate surface area is 122 Å². The van der Waals surface area contributed by atoms with E-state index in [1.807, 2.05) is 38.1 Å². The summed E-state index contributed by atoms with van der Waals surface area (Å²) in [5.41, 5.74) is 13.3. The normalized spacial score (nSPS) is 13.2. The van der Waals surface area contributed by atoms with E-state index < -0.39 is 0 Å². The van der Waals surface area contributed by atoms with Crippen LogP contribution < -0.4 is 11.5 Å². The van der Waals surface area contributed by atoms with E-state index in [0.717, 1.165) is 30.4 Å². The molecule has 1 atom stereocenters. The zero-order valence-corrected chi connectivity index (χ0v) is 13.0. The number of unbranched alkanes of at least 4 members (excludes halogenated alkanes) is 3. The van der Waals surface area contributed by atoms with Crippen LogP contribution in [0.5, 0.6) is 0 Å². The van der Waals surface area contributed by atoms with Crippen LogP contribution in [-0.4, -0.2) is 5.91 Å². The van der Waals surface area contributed by atoms with Gasteiger partial charge in [-0.05, 0) is 31.4 Å². The third-order valence-electron chi connectivity index (χ3n) is 3.75. The maximum atomic E-state index is 11.6. The average molecular weight is 276 g/mol. The van der Waals surface area contributed by atoms with Gasteiger partial charge in [0.25, 0.3) is 0 Å². The molecule has 0 radical (unpaired) electrons. The number of nitrogens with two attached hydrogens (primary N) is 2. The Bertz CT molecular complexity index is 418. The Kier molecular flexibility index (Phi) is 6.21. The molecular weight excluding hydrogens is 248 g/mol. The average Bonchev–Trinajstić information content (AvgIpc) is 2.37. The zero-order valence-electron chi connectivity index (χ0n) is 13.0. The standard InChI is InChI=1S/C17H28N2O/c1-4-5-6-7-8-15(16(18)20)13-9-11-14(12-10-13)17(2,3)19/h9-12,15H,4-8,19H2,1-3H3,(H2,18,20). The summed E-state index contributed by atoms with van der Waals surface area (Å²) in [6.07, 6.45) is 5.45. The van der Waals surface area contributed by atoms with E-state index in [1.165, 1.54) is 12.8 Å². The summed E-state index contributed by atoms with van der Waals surface area (Å²) in [5.74, 6) is -0.414. The Morgan fingerprint density at radius 1 is 1.15 bits per heavy atom. The second-order valence-electron chi connectivity index (χ2n) is 6.15. The topological polar surface area (TPSA) is 69.1 Å². The molecule has 0 aromatic heterocycles. The van der Waals surface area contributed by atoms with Gasteiger partial charge in [0.2, 0.25) is 5.91 Å². The minimum absolute atomic E-state index is 0.179. The summed E-state index contributed by atoms with van der Waals surface area (Å²) in [6, 6.07) is 7.97. The number of rotatable bonds is 8. The van der Waals surface area contributed by atoms with Gasteiger partial charge in [0.1, 0.15) is 0 Å². The molecule has 4 N–H and O–H groups in total. The summed E-state index contributed by atoms with van der Waals surface area (Å²) < 4.78 is 0. The molecule has 3 heteroatoms. The first kappa shape index (κ1) is 16.7. The van der Waals surface area contributed by atoms with Gasteiger partial charge < -0.3 is 11.5 Å². The van der Waals surface area contributed by atoms with Gasteiger partial charge in [0, 0.05) is 5.54 Å². The van der Waals surface area contributed by atoms with Crippen molar-refractivity contribution in [1.82, 2.24) is 0 Å². The third kappa shape index (κ3) is 4.97. The van der Waals surface area contributed by atoms with Crippen LogP contribution in [0.2, 0.25) is 0 Å². The SMILES string of the molecule is CCCCCCC(C(N)=O)c1ccc(C(C)(C)N)cc1. The minimum Gasteiger partial charge on any atom is -0.369 e. The highest BCUT2D eigenvalue weighted by Crippen LogP contribution is 2.25. The van der Waals surface area contributed by atoms with E-state index in [2.05, 4.69) is 6.92 Å². The Morgan fingerprint density at radius 3 is 2.20 bits per heavy atom. The molecule has 1 unspecified atom stereocenters. The lowest BCUT2D eigenvalue weighted by molar-refractivity contribution is -0.119. The summed E-state index contributed by atoms with van der Waals surface area (Å²) in [5, 5.41) is 0. The van der Waals surface area contributed by atoms with Gasteiger partial charge in [-0.2, -0.15) is 0 Å². The molecule has 1 amide bonds. The lowest BCUT2D eigenvalue weighted by atomic mass is 9.89. The first-order valence-electron chi connectivity index (χ1n) is 7.55. The molecule has 0 saturated heterocycles. The Morgan fingerprint density at radius 2 is 1.75 bits per heavy atom. The quantitative estimate of drug-likeness (QED) is 0.714. The van der Waals surface area contributed by atoms with Crippen molar-refractivity contribution in [2.75, 3.05) is 0 Å². The Hall–Kier alpha value is -1.35. The molecule has 0 saturated carbocycles. The molecule has 0 heterocycles. The van der Waals surface area contributed by atoms with Gasteiger partial charge in [0.15, 0.2) is 0 Å². The van der Waals surface area contributed by atoms with E-state index in [9.17, 15) is 4.79 Å². The molecule has 20 heavy (non-hydrogen) atoms. The number of carbonyl (C=O) groups is 1. The lowest BCUT2D eigenvalue weighted by Crippen LogP contribution is -2.28. The molecule has 1 aromatic rings. The molecule has 0 spiro atoms. The van der Waals surface area contributed by atoms with Gasteiger partial charge in [-0.1, -0.05) is 56.9 Å². The van der Waals surface area contributed by atoms with E-state index >= 15 is 0 Å². The van der Waals surface area contributed by atoms with Crippen LogP contribution >= 0.6 is 0 Å². The summed E-state index contributed by atoms with van der Waals surface area (Å²) >= 11 is 0. The van der Waals surface area contributed by atoms with Crippen molar-refractivity contribution in [3.63, 3.8) is 0 Å². The van der Waals surface area contributed by atoms with Crippen molar-refractivity contribution in [2.45, 2.75) is 64.3 Å². The summed E-state index contributed by atoms with van der Waals surface area (Å²) in [7, 11) is 0. The lowest BCUT2D eigenvalue weighted by Gasteiger charge is -2.20. The highest BCUT2D eigenvalue weighted by molar-refractivity contribution is 5.81. The second-order valence-corrected chi connectivity index (χ2v) is 6.15. The fraction of sp³-hybridized carbons (Fsp3) is 0.588. The van der Waals surface area contributed by atoms with Gasteiger partial charge in [0.05, 0.1) is 5.92 Å². The molecule has 112 valence electrons. The zero-order chi connectivity index (χ0) is 15.2. The number of carbonyl (C=O) groups excluding carboxylic acids is 1. The molecular formula is C17H28N2O. The molecule has 1 aromatic carbocycles. The number of benzene rings is 1. The van der Waals surface area contributed by atoms with Crippen LogP contribution in [0, 0.1) is 0 Å². The molecule has 1 rings (SSSR count). The van der Waals surface area contributed by atoms with Crippen molar-refractivity contribution >= 4 is 5.91 Å². The molecule has 0 aliphatic rings. The number of hydrogen-bond acceptors (Lipinski definition) is 2. The minimum atomic E-state index is -0.359. The van der Waals surface area contributed by atoms with E-state index in [1.54, 1.807) is 0 Å². The Balaban J connectivity index is 2.74. The smallest absolute Gasteiger partial charge is 0.224 e. The molecule has 0 bridgehead atoms. The maximum absolute atomic E-state index is 11.6. The van der Waals surface area contributed by atoms with E-state index in [-0.39, 0.29) is 17.4 Å². The molecule has 0 fully saturated rings. The van der Waals surface area contributed by atoms with Crippen LogP contribution in [0.1, 0.15) is 69.9 Å². The van der Waals surface area contributed by atoms with Crippen molar-refractivity contribution in [3.8, 4) is 0 Å². The van der Waals surface area contributed by atoms with Crippen LogP contribution in [0.15, 0.2) is 24.3 Å².